The van der Waals surface area contributed by atoms with E-state index in [9.17, 15) is 9.59 Å². The van der Waals surface area contributed by atoms with Crippen LogP contribution in [0.5, 0.6) is 0 Å². The van der Waals surface area contributed by atoms with Crippen LogP contribution in [0.2, 0.25) is 0 Å². The Morgan fingerprint density at radius 1 is 1.24 bits per heavy atom. The topological polar surface area (TPSA) is 75.9 Å². The minimum atomic E-state index is -0.407. The van der Waals surface area contributed by atoms with Gasteiger partial charge in [-0.15, -0.1) is 0 Å². The van der Waals surface area contributed by atoms with Gasteiger partial charge in [0, 0.05) is 37.4 Å². The maximum Gasteiger partial charge on any atom is 0.227 e. The van der Waals surface area contributed by atoms with E-state index < -0.39 is 5.91 Å². The van der Waals surface area contributed by atoms with Gasteiger partial charge in [0.15, 0.2) is 0 Å². The van der Waals surface area contributed by atoms with E-state index in [1.54, 1.807) is 4.90 Å². The molecule has 1 atom stereocenters. The van der Waals surface area contributed by atoms with Crippen molar-refractivity contribution in [3.63, 3.8) is 0 Å². The molecule has 1 aromatic rings. The van der Waals surface area contributed by atoms with Crippen molar-refractivity contribution in [2.75, 3.05) is 42.6 Å². The Morgan fingerprint density at radius 3 is 2.62 bits per heavy atom. The van der Waals surface area contributed by atoms with E-state index in [1.807, 2.05) is 24.3 Å². The molecule has 21 heavy (non-hydrogen) atoms. The molecule has 2 amide bonds. The lowest BCUT2D eigenvalue weighted by Gasteiger charge is -2.29. The van der Waals surface area contributed by atoms with Crippen LogP contribution in [0.15, 0.2) is 24.3 Å². The Hall–Kier alpha value is -2.08. The van der Waals surface area contributed by atoms with Crippen molar-refractivity contribution in [3.8, 4) is 0 Å². The molecule has 6 heteroatoms. The standard InChI is InChI=1S/C15H19N3O3/c16-15(20)11-8-14(19)18(10-11)13-3-1-2-12(9-13)17-4-6-21-7-5-17/h1-3,9,11H,4-8,10H2,(H2,16,20). The van der Waals surface area contributed by atoms with Crippen molar-refractivity contribution in [1.29, 1.82) is 0 Å². The van der Waals surface area contributed by atoms with E-state index in [4.69, 9.17) is 10.5 Å². The molecule has 0 spiro atoms. The predicted molar refractivity (Wildman–Crippen MR) is 79.1 cm³/mol. The van der Waals surface area contributed by atoms with E-state index >= 15 is 0 Å². The van der Waals surface area contributed by atoms with Gasteiger partial charge in [0.25, 0.3) is 0 Å². The van der Waals surface area contributed by atoms with Crippen LogP contribution in [0.4, 0.5) is 11.4 Å². The van der Waals surface area contributed by atoms with E-state index in [2.05, 4.69) is 4.90 Å². The number of ether oxygens (including phenoxy) is 1. The number of rotatable bonds is 3. The molecule has 0 saturated carbocycles. The number of benzene rings is 1. The fourth-order valence-electron chi connectivity index (χ4n) is 2.83. The van der Waals surface area contributed by atoms with Crippen molar-refractivity contribution in [1.82, 2.24) is 0 Å². The Labute approximate surface area is 123 Å². The summed E-state index contributed by atoms with van der Waals surface area (Å²) < 4.78 is 5.35. The highest BCUT2D eigenvalue weighted by molar-refractivity contribution is 6.00. The van der Waals surface area contributed by atoms with Crippen LogP contribution >= 0.6 is 0 Å². The zero-order chi connectivity index (χ0) is 14.8. The van der Waals surface area contributed by atoms with Crippen LogP contribution in [0.3, 0.4) is 0 Å². The number of anilines is 2. The number of primary amides is 1. The first-order valence-corrected chi connectivity index (χ1v) is 7.17. The van der Waals surface area contributed by atoms with Gasteiger partial charge in [0.05, 0.1) is 19.1 Å². The molecule has 3 rings (SSSR count). The first kappa shape index (κ1) is 13.9. The maximum atomic E-state index is 12.1. The number of morpholine rings is 1. The molecule has 0 aromatic heterocycles. The van der Waals surface area contributed by atoms with E-state index in [-0.39, 0.29) is 18.2 Å². The molecule has 2 N–H and O–H groups in total. The largest absolute Gasteiger partial charge is 0.378 e. The summed E-state index contributed by atoms with van der Waals surface area (Å²) in [5.74, 6) is -0.836. The minimum absolute atomic E-state index is 0.0436. The monoisotopic (exact) mass is 289 g/mol. The molecule has 0 bridgehead atoms. The third-order valence-electron chi connectivity index (χ3n) is 4.05. The highest BCUT2D eigenvalue weighted by atomic mass is 16.5. The normalized spacial score (nSPS) is 22.7. The van der Waals surface area contributed by atoms with Crippen LogP contribution in [0, 0.1) is 5.92 Å². The summed E-state index contributed by atoms with van der Waals surface area (Å²) in [5, 5.41) is 0. The molecular formula is C15H19N3O3. The molecule has 2 aliphatic rings. The van der Waals surface area contributed by atoms with Gasteiger partial charge in [-0.1, -0.05) is 6.07 Å². The molecule has 2 saturated heterocycles. The summed E-state index contributed by atoms with van der Waals surface area (Å²) in [6.07, 6.45) is 0.205. The van der Waals surface area contributed by atoms with Crippen LogP contribution in [0.1, 0.15) is 6.42 Å². The molecule has 0 aliphatic carbocycles. The average Bonchev–Trinajstić information content (AvgIpc) is 2.91. The third kappa shape index (κ3) is 2.85. The predicted octanol–water partition coefficient (Wildman–Crippen LogP) is 0.361. The first-order valence-electron chi connectivity index (χ1n) is 7.17. The van der Waals surface area contributed by atoms with Crippen molar-refractivity contribution in [3.05, 3.63) is 24.3 Å². The summed E-state index contributed by atoms with van der Waals surface area (Å²) in [7, 11) is 0. The number of carbonyl (C=O) groups excluding carboxylic acids is 2. The minimum Gasteiger partial charge on any atom is -0.378 e. The summed E-state index contributed by atoms with van der Waals surface area (Å²) >= 11 is 0. The summed E-state index contributed by atoms with van der Waals surface area (Å²) in [6, 6.07) is 7.85. The number of hydrogen-bond acceptors (Lipinski definition) is 4. The van der Waals surface area contributed by atoms with Crippen LogP contribution in [-0.4, -0.2) is 44.7 Å². The molecule has 0 radical (unpaired) electrons. The van der Waals surface area contributed by atoms with Crippen LogP contribution in [0.25, 0.3) is 0 Å². The van der Waals surface area contributed by atoms with E-state index in [0.717, 1.165) is 37.7 Å². The van der Waals surface area contributed by atoms with Gasteiger partial charge in [-0.25, -0.2) is 0 Å². The molecule has 1 aromatic carbocycles. The van der Waals surface area contributed by atoms with Crippen molar-refractivity contribution < 1.29 is 14.3 Å². The molecule has 2 aliphatic heterocycles. The van der Waals surface area contributed by atoms with Gasteiger partial charge in [-0.05, 0) is 18.2 Å². The van der Waals surface area contributed by atoms with Gasteiger partial charge in [0.1, 0.15) is 0 Å². The molecular weight excluding hydrogens is 270 g/mol. The maximum absolute atomic E-state index is 12.1. The Morgan fingerprint density at radius 2 is 1.95 bits per heavy atom. The molecule has 6 nitrogen and oxygen atoms in total. The lowest BCUT2D eigenvalue weighted by molar-refractivity contribution is -0.123. The SMILES string of the molecule is NC(=O)C1CC(=O)N(c2cccc(N3CCOCC3)c2)C1. The Kier molecular flexibility index (Phi) is 3.79. The van der Waals surface area contributed by atoms with E-state index in [1.165, 1.54) is 0 Å². The number of carbonyl (C=O) groups is 2. The number of amides is 2. The zero-order valence-corrected chi connectivity index (χ0v) is 11.8. The number of nitrogens with zero attached hydrogens (tertiary/aromatic N) is 2. The van der Waals surface area contributed by atoms with Crippen molar-refractivity contribution in [2.24, 2.45) is 11.7 Å². The van der Waals surface area contributed by atoms with Gasteiger partial charge in [-0.2, -0.15) is 0 Å². The van der Waals surface area contributed by atoms with Gasteiger partial charge < -0.3 is 20.3 Å². The highest BCUT2D eigenvalue weighted by Gasteiger charge is 2.34. The first-order chi connectivity index (χ1) is 10.1. The lowest BCUT2D eigenvalue weighted by Crippen LogP contribution is -2.36. The summed E-state index contributed by atoms with van der Waals surface area (Å²) in [5.41, 5.74) is 7.21. The lowest BCUT2D eigenvalue weighted by atomic mass is 10.1. The molecule has 1 unspecified atom stereocenters. The fraction of sp³-hybridized carbons (Fsp3) is 0.467. The Balaban J connectivity index is 1.79. The number of nitrogens with two attached hydrogens (primary N) is 1. The van der Waals surface area contributed by atoms with Gasteiger partial charge >= 0.3 is 0 Å². The summed E-state index contributed by atoms with van der Waals surface area (Å²) in [4.78, 5) is 27.2. The zero-order valence-electron chi connectivity index (χ0n) is 11.8. The quantitative estimate of drug-likeness (QED) is 0.872. The van der Waals surface area contributed by atoms with Crippen molar-refractivity contribution in [2.45, 2.75) is 6.42 Å². The van der Waals surface area contributed by atoms with Crippen LogP contribution < -0.4 is 15.5 Å². The summed E-state index contributed by atoms with van der Waals surface area (Å²) in [6.45, 7) is 3.51. The second-order valence-electron chi connectivity index (χ2n) is 5.43. The molecule has 112 valence electrons. The fourth-order valence-corrected chi connectivity index (χ4v) is 2.83. The Bertz CT molecular complexity index is 555. The highest BCUT2D eigenvalue weighted by Crippen LogP contribution is 2.28. The molecule has 2 fully saturated rings. The third-order valence-corrected chi connectivity index (χ3v) is 4.05. The average molecular weight is 289 g/mol. The van der Waals surface area contributed by atoms with Crippen molar-refractivity contribution >= 4 is 23.2 Å². The number of hydrogen-bond donors (Lipinski definition) is 1. The second-order valence-corrected chi connectivity index (χ2v) is 5.43. The van der Waals surface area contributed by atoms with Gasteiger partial charge in [0.2, 0.25) is 11.8 Å². The van der Waals surface area contributed by atoms with Gasteiger partial charge in [-0.3, -0.25) is 9.59 Å². The second kappa shape index (κ2) is 5.73. The smallest absolute Gasteiger partial charge is 0.227 e. The van der Waals surface area contributed by atoms with Crippen LogP contribution in [-0.2, 0) is 14.3 Å². The molecule has 2 heterocycles. The van der Waals surface area contributed by atoms with E-state index in [0.29, 0.717) is 6.54 Å².